The molecule has 0 aromatic carbocycles. The van der Waals surface area contributed by atoms with E-state index >= 15 is 0 Å². The number of ether oxygens (including phenoxy) is 1. The van der Waals surface area contributed by atoms with Gasteiger partial charge in [-0.05, 0) is 39.8 Å². The van der Waals surface area contributed by atoms with Crippen molar-refractivity contribution in [2.45, 2.75) is 40.2 Å². The predicted molar refractivity (Wildman–Crippen MR) is 84.8 cm³/mol. The van der Waals surface area contributed by atoms with Gasteiger partial charge in [-0.15, -0.1) is 11.3 Å². The molecule has 2 rings (SSSR count). The van der Waals surface area contributed by atoms with Gasteiger partial charge in [0.05, 0.1) is 6.61 Å². The van der Waals surface area contributed by atoms with Gasteiger partial charge in [-0.1, -0.05) is 0 Å². The zero-order chi connectivity index (χ0) is 15.6. The van der Waals surface area contributed by atoms with E-state index in [1.807, 2.05) is 11.5 Å². The number of thiophene rings is 1. The Kier molecular flexibility index (Phi) is 4.67. The average Bonchev–Trinajstić information content (AvgIpc) is 2.93. The maximum atomic E-state index is 11.8. The Hall–Kier alpha value is -1.82. The summed E-state index contributed by atoms with van der Waals surface area (Å²) in [4.78, 5) is 18.7. The number of nitrogens with zero attached hydrogens (tertiary/aromatic N) is 2. The molecule has 0 saturated carbocycles. The molecule has 0 saturated heterocycles. The molecule has 2 aromatic heterocycles. The minimum absolute atomic E-state index is 0.138. The van der Waals surface area contributed by atoms with Gasteiger partial charge < -0.3 is 15.0 Å². The van der Waals surface area contributed by atoms with E-state index in [4.69, 9.17) is 10.5 Å². The third-order valence-corrected chi connectivity index (χ3v) is 4.35. The summed E-state index contributed by atoms with van der Waals surface area (Å²) in [6.45, 7) is 8.10. The van der Waals surface area contributed by atoms with E-state index in [-0.39, 0.29) is 11.7 Å². The van der Waals surface area contributed by atoms with Crippen molar-refractivity contribution in [1.29, 1.82) is 0 Å². The number of aryl methyl sites for hydroxylation is 2. The third-order valence-electron chi connectivity index (χ3n) is 3.33. The van der Waals surface area contributed by atoms with Crippen LogP contribution in [-0.2, 0) is 11.2 Å². The van der Waals surface area contributed by atoms with Gasteiger partial charge in [0, 0.05) is 22.2 Å². The Bertz CT molecular complexity index is 645. The number of imidazole rings is 1. The lowest BCUT2D eigenvalue weighted by Gasteiger charge is -2.16. The van der Waals surface area contributed by atoms with Gasteiger partial charge in [-0.2, -0.15) is 0 Å². The van der Waals surface area contributed by atoms with E-state index in [0.29, 0.717) is 12.4 Å². The van der Waals surface area contributed by atoms with Gasteiger partial charge in [0.25, 0.3) is 0 Å². The number of nitrogen functional groups attached to an aromatic ring is 1. The Labute approximate surface area is 128 Å². The van der Waals surface area contributed by atoms with Crippen LogP contribution in [0.5, 0.6) is 0 Å². The Morgan fingerprint density at radius 1 is 1.48 bits per heavy atom. The van der Waals surface area contributed by atoms with E-state index in [9.17, 15) is 4.79 Å². The number of hydrogen-bond acceptors (Lipinski definition) is 5. The number of anilines is 1. The molecular weight excluding hydrogens is 286 g/mol. The molecule has 2 aromatic rings. The number of aromatic nitrogens is 2. The molecule has 6 heteroatoms. The van der Waals surface area contributed by atoms with Crippen LogP contribution in [0.2, 0.25) is 0 Å². The topological polar surface area (TPSA) is 70.1 Å². The lowest BCUT2D eigenvalue weighted by Crippen LogP contribution is -2.14. The molecule has 0 aliphatic rings. The van der Waals surface area contributed by atoms with Gasteiger partial charge in [-0.25, -0.2) is 9.78 Å². The van der Waals surface area contributed by atoms with Crippen LogP contribution in [0.4, 0.5) is 5.82 Å². The standard InChI is InChI=1S/C15H21N3O2S/c1-5-20-15(19)13-14(16)18(11(4)17-13)9(2)8-12-7-6-10(3)21-12/h6-7,9H,5,8,16H2,1-4H3. The van der Waals surface area contributed by atoms with Crippen LogP contribution < -0.4 is 5.73 Å². The van der Waals surface area contributed by atoms with E-state index < -0.39 is 5.97 Å². The van der Waals surface area contributed by atoms with Crippen molar-refractivity contribution < 1.29 is 9.53 Å². The largest absolute Gasteiger partial charge is 0.461 e. The van der Waals surface area contributed by atoms with E-state index in [1.165, 1.54) is 9.75 Å². The van der Waals surface area contributed by atoms with Crippen LogP contribution in [0.25, 0.3) is 0 Å². The van der Waals surface area contributed by atoms with E-state index in [0.717, 1.165) is 12.2 Å². The molecule has 1 unspecified atom stereocenters. The summed E-state index contributed by atoms with van der Waals surface area (Å²) in [6.07, 6.45) is 0.863. The third kappa shape index (κ3) is 3.26. The maximum absolute atomic E-state index is 11.8. The Morgan fingerprint density at radius 2 is 2.19 bits per heavy atom. The Balaban J connectivity index is 2.24. The van der Waals surface area contributed by atoms with Gasteiger partial charge >= 0.3 is 5.97 Å². The second-order valence-corrected chi connectivity index (χ2v) is 6.42. The minimum atomic E-state index is -0.462. The number of hydrogen-bond donors (Lipinski definition) is 1. The lowest BCUT2D eigenvalue weighted by molar-refractivity contribution is 0.0521. The molecule has 21 heavy (non-hydrogen) atoms. The predicted octanol–water partition coefficient (Wildman–Crippen LogP) is 3.12. The fourth-order valence-corrected chi connectivity index (χ4v) is 3.45. The first-order chi connectivity index (χ1) is 9.93. The molecule has 0 bridgehead atoms. The molecule has 0 amide bonds. The van der Waals surface area contributed by atoms with Crippen molar-refractivity contribution in [2.75, 3.05) is 12.3 Å². The number of carbonyl (C=O) groups excluding carboxylic acids is 1. The minimum Gasteiger partial charge on any atom is -0.461 e. The normalized spacial score (nSPS) is 12.4. The highest BCUT2D eigenvalue weighted by atomic mass is 32.1. The van der Waals surface area contributed by atoms with Crippen molar-refractivity contribution in [2.24, 2.45) is 0 Å². The number of rotatable bonds is 5. The quantitative estimate of drug-likeness (QED) is 0.862. The van der Waals surface area contributed by atoms with Crippen molar-refractivity contribution in [3.63, 3.8) is 0 Å². The van der Waals surface area contributed by atoms with Crippen LogP contribution >= 0.6 is 11.3 Å². The zero-order valence-corrected chi connectivity index (χ0v) is 13.7. The van der Waals surface area contributed by atoms with Gasteiger partial charge in [-0.3, -0.25) is 0 Å². The van der Waals surface area contributed by atoms with Crippen LogP contribution in [0, 0.1) is 13.8 Å². The van der Waals surface area contributed by atoms with E-state index in [1.54, 1.807) is 18.3 Å². The number of carbonyl (C=O) groups is 1. The summed E-state index contributed by atoms with van der Waals surface area (Å²) in [7, 11) is 0. The SMILES string of the molecule is CCOC(=O)c1nc(C)n(C(C)Cc2ccc(C)s2)c1N. The highest BCUT2D eigenvalue weighted by molar-refractivity contribution is 7.11. The fraction of sp³-hybridized carbons (Fsp3) is 0.467. The smallest absolute Gasteiger partial charge is 0.360 e. The zero-order valence-electron chi connectivity index (χ0n) is 12.8. The molecule has 5 nitrogen and oxygen atoms in total. The molecule has 0 spiro atoms. The molecule has 2 heterocycles. The van der Waals surface area contributed by atoms with Crippen LogP contribution in [0.3, 0.4) is 0 Å². The highest BCUT2D eigenvalue weighted by Crippen LogP contribution is 2.26. The summed E-state index contributed by atoms with van der Waals surface area (Å²) in [5, 5.41) is 0. The monoisotopic (exact) mass is 307 g/mol. The molecule has 0 aliphatic carbocycles. The van der Waals surface area contributed by atoms with Crippen molar-refractivity contribution in [3.8, 4) is 0 Å². The maximum Gasteiger partial charge on any atom is 0.360 e. The highest BCUT2D eigenvalue weighted by Gasteiger charge is 2.22. The summed E-state index contributed by atoms with van der Waals surface area (Å²) < 4.78 is 6.89. The van der Waals surface area contributed by atoms with Crippen molar-refractivity contribution in [1.82, 2.24) is 9.55 Å². The Morgan fingerprint density at radius 3 is 2.76 bits per heavy atom. The second-order valence-electron chi connectivity index (χ2n) is 5.05. The molecule has 0 radical (unpaired) electrons. The first-order valence-corrected chi connectivity index (χ1v) is 7.82. The molecule has 114 valence electrons. The van der Waals surface area contributed by atoms with E-state index in [2.05, 4.69) is 31.0 Å². The summed E-state index contributed by atoms with van der Waals surface area (Å²) in [5.41, 5.74) is 6.31. The summed E-state index contributed by atoms with van der Waals surface area (Å²) in [6, 6.07) is 4.38. The van der Waals surface area contributed by atoms with Crippen LogP contribution in [-0.4, -0.2) is 22.1 Å². The molecule has 1 atom stereocenters. The van der Waals surface area contributed by atoms with Crippen molar-refractivity contribution >= 4 is 23.1 Å². The fourth-order valence-electron chi connectivity index (χ4n) is 2.44. The van der Waals surface area contributed by atoms with Crippen LogP contribution in [0.15, 0.2) is 12.1 Å². The van der Waals surface area contributed by atoms with Gasteiger partial charge in [0.2, 0.25) is 0 Å². The molecule has 0 aliphatic heterocycles. The molecular formula is C15H21N3O2S. The average molecular weight is 307 g/mol. The number of nitrogens with two attached hydrogens (primary N) is 1. The first-order valence-electron chi connectivity index (χ1n) is 7.00. The molecule has 0 fully saturated rings. The second kappa shape index (κ2) is 6.30. The number of esters is 1. The molecule has 2 N–H and O–H groups in total. The van der Waals surface area contributed by atoms with Gasteiger partial charge in [0.15, 0.2) is 5.69 Å². The first kappa shape index (κ1) is 15.6. The summed E-state index contributed by atoms with van der Waals surface area (Å²) >= 11 is 1.78. The van der Waals surface area contributed by atoms with Gasteiger partial charge in [0.1, 0.15) is 11.6 Å². The van der Waals surface area contributed by atoms with Crippen LogP contribution in [0.1, 0.15) is 46.0 Å². The lowest BCUT2D eigenvalue weighted by atomic mass is 10.2. The summed E-state index contributed by atoms with van der Waals surface area (Å²) in [5.74, 6) is 0.652. The van der Waals surface area contributed by atoms with Crippen molar-refractivity contribution in [3.05, 3.63) is 33.4 Å².